The van der Waals surface area contributed by atoms with Crippen LogP contribution in [0.15, 0.2) is 0 Å². The van der Waals surface area contributed by atoms with Gasteiger partial charge in [0.1, 0.15) is 13.2 Å². The molecule has 0 saturated carbocycles. The molecule has 0 amide bonds. The summed E-state index contributed by atoms with van der Waals surface area (Å²) in [5, 5.41) is 0. The van der Waals surface area contributed by atoms with E-state index >= 15 is 0 Å². The van der Waals surface area contributed by atoms with Crippen LogP contribution in [0.4, 0.5) is 0 Å². The molecule has 0 unspecified atom stereocenters. The van der Waals surface area contributed by atoms with E-state index in [1.54, 1.807) is 0 Å². The second kappa shape index (κ2) is 35.2. The lowest BCUT2D eigenvalue weighted by Crippen LogP contribution is -2.30. The Morgan fingerprint density at radius 1 is 0.396 bits per heavy atom. The number of unbranched alkanes of at least 4 members (excludes halogenated alkanes) is 21. The molecule has 0 aliphatic rings. The van der Waals surface area contributed by atoms with Crippen molar-refractivity contribution in [2.75, 3.05) is 13.2 Å². The minimum Gasteiger partial charge on any atom is -0.462 e. The molecule has 0 N–H and O–H groups in total. The first-order valence-electron chi connectivity index (χ1n) is 20.7. The molecule has 0 aromatic carbocycles. The Morgan fingerprint density at radius 2 is 0.688 bits per heavy atom. The number of rotatable bonds is 36. The second-order valence-electron chi connectivity index (χ2n) is 15.2. The van der Waals surface area contributed by atoms with Crippen LogP contribution in [0, 0.1) is 11.8 Å². The molecule has 0 bridgehead atoms. The summed E-state index contributed by atoms with van der Waals surface area (Å²) in [6, 6.07) is 0. The number of hydrogen-bond acceptors (Lipinski definition) is 6. The summed E-state index contributed by atoms with van der Waals surface area (Å²) in [6.07, 6.45) is 31.0. The summed E-state index contributed by atoms with van der Waals surface area (Å²) < 4.78 is 16.6. The summed E-state index contributed by atoms with van der Waals surface area (Å²) >= 11 is 0. The molecular weight excluding hydrogens is 600 g/mol. The molecule has 0 aliphatic heterocycles. The number of hydrogen-bond donors (Lipinski definition) is 0. The van der Waals surface area contributed by atoms with Crippen LogP contribution in [0.3, 0.4) is 0 Å². The van der Waals surface area contributed by atoms with Crippen LogP contribution >= 0.6 is 0 Å². The van der Waals surface area contributed by atoms with Gasteiger partial charge in [0.25, 0.3) is 0 Å². The van der Waals surface area contributed by atoms with E-state index < -0.39 is 6.10 Å². The summed E-state index contributed by atoms with van der Waals surface area (Å²) in [5.74, 6) is 0.733. The van der Waals surface area contributed by atoms with Crippen molar-refractivity contribution in [2.45, 2.75) is 227 Å². The van der Waals surface area contributed by atoms with Crippen LogP contribution in [0.5, 0.6) is 0 Å². The van der Waals surface area contributed by atoms with Crippen LogP contribution in [0.2, 0.25) is 0 Å². The van der Waals surface area contributed by atoms with Crippen LogP contribution < -0.4 is 0 Å². The minimum absolute atomic E-state index is 0.0666. The van der Waals surface area contributed by atoms with Gasteiger partial charge < -0.3 is 14.2 Å². The van der Waals surface area contributed by atoms with Gasteiger partial charge in [-0.25, -0.2) is 0 Å². The molecule has 0 aromatic heterocycles. The molecule has 6 heteroatoms. The van der Waals surface area contributed by atoms with E-state index in [0.717, 1.165) is 69.6 Å². The maximum atomic E-state index is 12.6. The van der Waals surface area contributed by atoms with Crippen molar-refractivity contribution in [3.8, 4) is 0 Å². The Hall–Kier alpha value is -1.59. The van der Waals surface area contributed by atoms with E-state index in [-0.39, 0.29) is 31.1 Å². The number of carbonyl (C=O) groups is 3. The van der Waals surface area contributed by atoms with Gasteiger partial charge >= 0.3 is 17.9 Å². The van der Waals surface area contributed by atoms with Crippen LogP contribution in [0.25, 0.3) is 0 Å². The zero-order chi connectivity index (χ0) is 35.5. The van der Waals surface area contributed by atoms with E-state index in [0.29, 0.717) is 19.3 Å². The van der Waals surface area contributed by atoms with E-state index in [9.17, 15) is 14.4 Å². The Morgan fingerprint density at radius 3 is 1.02 bits per heavy atom. The molecule has 1 atom stereocenters. The zero-order valence-corrected chi connectivity index (χ0v) is 32.6. The fraction of sp³-hybridized carbons (Fsp3) is 0.929. The van der Waals surface area contributed by atoms with E-state index in [1.807, 2.05) is 0 Å². The van der Waals surface area contributed by atoms with Gasteiger partial charge in [-0.15, -0.1) is 0 Å². The Balaban J connectivity index is 4.29. The molecule has 0 radical (unpaired) electrons. The van der Waals surface area contributed by atoms with Crippen LogP contribution in [-0.2, 0) is 28.6 Å². The Bertz CT molecular complexity index is 734. The predicted molar refractivity (Wildman–Crippen MR) is 201 cm³/mol. The van der Waals surface area contributed by atoms with E-state index in [2.05, 4.69) is 34.6 Å². The molecule has 0 aromatic rings. The van der Waals surface area contributed by atoms with E-state index in [1.165, 1.54) is 109 Å². The topological polar surface area (TPSA) is 78.9 Å². The van der Waals surface area contributed by atoms with Gasteiger partial charge in [-0.3, -0.25) is 14.4 Å². The predicted octanol–water partition coefficient (Wildman–Crippen LogP) is 12.6. The number of ether oxygens (including phenoxy) is 3. The highest BCUT2D eigenvalue weighted by molar-refractivity contribution is 5.71. The van der Waals surface area contributed by atoms with Crippen LogP contribution in [-0.4, -0.2) is 37.2 Å². The fourth-order valence-corrected chi connectivity index (χ4v) is 6.05. The van der Waals surface area contributed by atoms with Gasteiger partial charge in [-0.05, 0) is 31.1 Å². The number of esters is 3. The van der Waals surface area contributed by atoms with Crippen LogP contribution in [0.1, 0.15) is 221 Å². The van der Waals surface area contributed by atoms with Gasteiger partial charge in [0.05, 0.1) is 0 Å². The van der Waals surface area contributed by atoms with Gasteiger partial charge in [0.15, 0.2) is 6.10 Å². The molecule has 48 heavy (non-hydrogen) atoms. The Kier molecular flexibility index (Phi) is 34.1. The molecule has 6 nitrogen and oxygen atoms in total. The third-order valence-electron chi connectivity index (χ3n) is 9.22. The largest absolute Gasteiger partial charge is 0.462 e. The van der Waals surface area contributed by atoms with Gasteiger partial charge in [-0.1, -0.05) is 182 Å². The molecule has 0 aliphatic carbocycles. The lowest BCUT2D eigenvalue weighted by Gasteiger charge is -2.18. The molecule has 0 fully saturated rings. The van der Waals surface area contributed by atoms with Crippen molar-refractivity contribution in [3.05, 3.63) is 0 Å². The quantitative estimate of drug-likeness (QED) is 0.0372. The molecule has 0 saturated heterocycles. The molecule has 0 spiro atoms. The maximum absolute atomic E-state index is 12.6. The third-order valence-corrected chi connectivity index (χ3v) is 9.22. The van der Waals surface area contributed by atoms with Crippen molar-refractivity contribution in [2.24, 2.45) is 11.8 Å². The fourth-order valence-electron chi connectivity index (χ4n) is 6.05. The highest BCUT2D eigenvalue weighted by Gasteiger charge is 2.19. The van der Waals surface area contributed by atoms with Gasteiger partial charge in [0, 0.05) is 19.3 Å². The molecular formula is C42H80O6. The SMILES string of the molecule is CCCCCCCCCC(=O)O[C@H](COC(=O)CCCCCCCCCCCC(C)C)COC(=O)CCCCCCCCCCC(C)C. The molecule has 284 valence electrons. The summed E-state index contributed by atoms with van der Waals surface area (Å²) in [7, 11) is 0. The standard InChI is InChI=1S/C42H80O6/c1-6-7-8-9-15-24-29-34-42(45)48-39(36-47-41(44)33-28-23-19-14-13-17-21-26-31-38(4)5)35-46-40(43)32-27-22-18-12-10-11-16-20-25-30-37(2)3/h37-39H,6-36H2,1-5H3/t39-/m1/s1. The first-order chi connectivity index (χ1) is 23.2. The van der Waals surface area contributed by atoms with Crippen molar-refractivity contribution in [1.29, 1.82) is 0 Å². The highest BCUT2D eigenvalue weighted by atomic mass is 16.6. The van der Waals surface area contributed by atoms with Crippen molar-refractivity contribution in [1.82, 2.24) is 0 Å². The summed E-state index contributed by atoms with van der Waals surface area (Å²) in [5.41, 5.74) is 0. The molecule has 0 rings (SSSR count). The smallest absolute Gasteiger partial charge is 0.306 e. The third kappa shape index (κ3) is 35.7. The summed E-state index contributed by atoms with van der Waals surface area (Å²) in [4.78, 5) is 37.4. The molecule has 0 heterocycles. The van der Waals surface area contributed by atoms with Crippen molar-refractivity contribution >= 4 is 17.9 Å². The minimum atomic E-state index is -0.758. The first kappa shape index (κ1) is 46.4. The first-order valence-corrected chi connectivity index (χ1v) is 20.7. The maximum Gasteiger partial charge on any atom is 0.306 e. The normalized spacial score (nSPS) is 12.1. The highest BCUT2D eigenvalue weighted by Crippen LogP contribution is 2.16. The average molecular weight is 681 g/mol. The van der Waals surface area contributed by atoms with E-state index in [4.69, 9.17) is 14.2 Å². The lowest BCUT2D eigenvalue weighted by molar-refractivity contribution is -0.167. The average Bonchev–Trinajstić information content (AvgIpc) is 3.04. The van der Waals surface area contributed by atoms with Gasteiger partial charge in [-0.2, -0.15) is 0 Å². The summed E-state index contributed by atoms with van der Waals surface area (Å²) in [6.45, 7) is 11.2. The van der Waals surface area contributed by atoms with Crippen molar-refractivity contribution in [3.63, 3.8) is 0 Å². The zero-order valence-electron chi connectivity index (χ0n) is 32.6. The second-order valence-corrected chi connectivity index (χ2v) is 15.2. The monoisotopic (exact) mass is 681 g/mol. The van der Waals surface area contributed by atoms with Crippen molar-refractivity contribution < 1.29 is 28.6 Å². The lowest BCUT2D eigenvalue weighted by atomic mass is 10.0. The number of carbonyl (C=O) groups excluding carboxylic acids is 3. The Labute approximate surface area is 298 Å². The van der Waals surface area contributed by atoms with Gasteiger partial charge in [0.2, 0.25) is 0 Å².